The van der Waals surface area contributed by atoms with Crippen LogP contribution in [-0.4, -0.2) is 37.0 Å². The van der Waals surface area contributed by atoms with E-state index in [1.54, 1.807) is 0 Å². The summed E-state index contributed by atoms with van der Waals surface area (Å²) in [6.07, 6.45) is 6.68. The Labute approximate surface area is 134 Å². The van der Waals surface area contributed by atoms with E-state index in [4.69, 9.17) is 0 Å². The van der Waals surface area contributed by atoms with E-state index in [-0.39, 0.29) is 24.4 Å². The van der Waals surface area contributed by atoms with E-state index in [0.29, 0.717) is 0 Å². The van der Waals surface area contributed by atoms with Gasteiger partial charge in [0, 0.05) is 13.6 Å². The molecule has 1 aromatic carbocycles. The largest absolute Gasteiger partial charge is 0.344 e. The monoisotopic (exact) mass is 310 g/mol. The normalized spacial score (nSPS) is 17.9. The summed E-state index contributed by atoms with van der Waals surface area (Å²) in [5, 5.41) is 3.32. The zero-order valence-corrected chi connectivity index (χ0v) is 13.7. The van der Waals surface area contributed by atoms with E-state index in [0.717, 1.165) is 38.8 Å². The molecule has 1 fully saturated rings. The van der Waals surface area contributed by atoms with Gasteiger partial charge in [0.25, 0.3) is 0 Å². The summed E-state index contributed by atoms with van der Waals surface area (Å²) in [4.78, 5) is 14.1. The van der Waals surface area contributed by atoms with Crippen LogP contribution in [0.1, 0.15) is 37.7 Å². The Hall–Kier alpha value is -1.06. The number of unbranched alkanes of at least 4 members (excludes halogenated alkanes) is 1. The highest BCUT2D eigenvalue weighted by atomic mass is 35.5. The van der Waals surface area contributed by atoms with Crippen molar-refractivity contribution in [2.45, 2.75) is 44.6 Å². The Morgan fingerprint density at radius 1 is 1.24 bits per heavy atom. The molecule has 0 spiro atoms. The van der Waals surface area contributed by atoms with Crippen molar-refractivity contribution in [2.24, 2.45) is 0 Å². The molecule has 1 aliphatic heterocycles. The van der Waals surface area contributed by atoms with Crippen LogP contribution in [0.5, 0.6) is 0 Å². The first-order chi connectivity index (χ1) is 9.77. The number of carbonyl (C=O) groups excluding carboxylic acids is 1. The third-order valence-electron chi connectivity index (χ3n) is 4.04. The maximum absolute atomic E-state index is 12.2. The van der Waals surface area contributed by atoms with Crippen molar-refractivity contribution in [3.63, 3.8) is 0 Å². The summed E-state index contributed by atoms with van der Waals surface area (Å²) < 4.78 is 0. The van der Waals surface area contributed by atoms with Gasteiger partial charge in [-0.2, -0.15) is 0 Å². The molecule has 0 radical (unpaired) electrons. The van der Waals surface area contributed by atoms with Gasteiger partial charge in [-0.1, -0.05) is 36.8 Å². The Kier molecular flexibility index (Phi) is 8.40. The summed E-state index contributed by atoms with van der Waals surface area (Å²) in [5.74, 6) is 0.268. The van der Waals surface area contributed by atoms with E-state index >= 15 is 0 Å². The van der Waals surface area contributed by atoms with Crippen molar-refractivity contribution in [1.82, 2.24) is 10.2 Å². The van der Waals surface area contributed by atoms with Gasteiger partial charge in [-0.15, -0.1) is 12.4 Å². The highest BCUT2D eigenvalue weighted by Crippen LogP contribution is 2.10. The maximum Gasteiger partial charge on any atom is 0.239 e. The molecule has 4 heteroatoms. The maximum atomic E-state index is 12.2. The fourth-order valence-electron chi connectivity index (χ4n) is 2.76. The second kappa shape index (κ2) is 9.80. The predicted molar refractivity (Wildman–Crippen MR) is 89.9 cm³/mol. The lowest BCUT2D eigenvalue weighted by Gasteiger charge is -2.27. The van der Waals surface area contributed by atoms with Gasteiger partial charge in [0.05, 0.1) is 6.04 Å². The van der Waals surface area contributed by atoms with E-state index < -0.39 is 0 Å². The minimum absolute atomic E-state index is 0. The molecule has 3 nitrogen and oxygen atoms in total. The van der Waals surface area contributed by atoms with Crippen molar-refractivity contribution in [3.8, 4) is 0 Å². The first kappa shape index (κ1) is 18.0. The van der Waals surface area contributed by atoms with Crippen molar-refractivity contribution in [3.05, 3.63) is 35.9 Å². The minimum Gasteiger partial charge on any atom is -0.344 e. The first-order valence-corrected chi connectivity index (χ1v) is 7.79. The number of rotatable bonds is 6. The van der Waals surface area contributed by atoms with Crippen LogP contribution in [0.15, 0.2) is 30.3 Å². The van der Waals surface area contributed by atoms with Gasteiger partial charge < -0.3 is 10.2 Å². The molecule has 2 rings (SSSR count). The van der Waals surface area contributed by atoms with Crippen molar-refractivity contribution in [2.75, 3.05) is 20.1 Å². The van der Waals surface area contributed by atoms with Crippen LogP contribution >= 0.6 is 12.4 Å². The molecule has 1 aromatic rings. The molecule has 0 aliphatic carbocycles. The smallest absolute Gasteiger partial charge is 0.239 e. The number of piperidine rings is 1. The van der Waals surface area contributed by atoms with Gasteiger partial charge in [-0.05, 0) is 44.2 Å². The fraction of sp³-hybridized carbons (Fsp3) is 0.588. The van der Waals surface area contributed by atoms with E-state index in [1.165, 1.54) is 18.4 Å². The zero-order chi connectivity index (χ0) is 14.2. The number of benzene rings is 1. The van der Waals surface area contributed by atoms with Crippen LogP contribution in [0.25, 0.3) is 0 Å². The van der Waals surface area contributed by atoms with E-state index in [2.05, 4.69) is 29.6 Å². The lowest BCUT2D eigenvalue weighted by molar-refractivity contribution is -0.132. The van der Waals surface area contributed by atoms with Gasteiger partial charge in [-0.3, -0.25) is 4.79 Å². The number of hydrogen-bond donors (Lipinski definition) is 1. The minimum atomic E-state index is 0. The quantitative estimate of drug-likeness (QED) is 0.819. The average molecular weight is 311 g/mol. The molecule has 1 atom stereocenters. The van der Waals surface area contributed by atoms with Crippen LogP contribution in [0.3, 0.4) is 0 Å². The molecule has 1 unspecified atom stereocenters. The van der Waals surface area contributed by atoms with Crippen molar-refractivity contribution >= 4 is 18.3 Å². The molecular formula is C17H27ClN2O. The fourth-order valence-corrected chi connectivity index (χ4v) is 2.76. The number of carbonyl (C=O) groups is 1. The second-order valence-corrected chi connectivity index (χ2v) is 5.70. The summed E-state index contributed by atoms with van der Waals surface area (Å²) in [5.41, 5.74) is 1.38. The molecule has 1 aliphatic rings. The van der Waals surface area contributed by atoms with Crippen molar-refractivity contribution < 1.29 is 4.79 Å². The average Bonchev–Trinajstić information content (AvgIpc) is 2.52. The molecule has 1 saturated heterocycles. The summed E-state index contributed by atoms with van der Waals surface area (Å²) in [6.45, 7) is 1.85. The molecule has 1 N–H and O–H groups in total. The Balaban J connectivity index is 0.00000220. The molecule has 1 amide bonds. The highest BCUT2D eigenvalue weighted by molar-refractivity contribution is 5.85. The Bertz CT molecular complexity index is 405. The number of aryl methyl sites for hydroxylation is 1. The standard InChI is InChI=1S/C17H26N2O.ClH/c1-19(17(20)16-12-5-7-13-18-16)14-8-6-11-15-9-3-2-4-10-15;/h2-4,9-10,16,18H,5-8,11-14H2,1H3;1H. The predicted octanol–water partition coefficient (Wildman–Crippen LogP) is 3.03. The Morgan fingerprint density at radius 3 is 2.67 bits per heavy atom. The molecule has 0 saturated carbocycles. The highest BCUT2D eigenvalue weighted by Gasteiger charge is 2.22. The summed E-state index contributed by atoms with van der Waals surface area (Å²) >= 11 is 0. The van der Waals surface area contributed by atoms with Gasteiger partial charge in [-0.25, -0.2) is 0 Å². The van der Waals surface area contributed by atoms with E-state index in [1.807, 2.05) is 18.0 Å². The number of halogens is 1. The number of nitrogens with one attached hydrogen (secondary N) is 1. The topological polar surface area (TPSA) is 32.3 Å². The number of likely N-dealkylation sites (N-methyl/N-ethyl adjacent to an activating group) is 1. The van der Waals surface area contributed by atoms with Gasteiger partial charge >= 0.3 is 0 Å². The SMILES string of the molecule is CN(CCCCc1ccccc1)C(=O)C1CCCCN1.Cl. The molecule has 0 bridgehead atoms. The van der Waals surface area contributed by atoms with Crippen LogP contribution in [-0.2, 0) is 11.2 Å². The summed E-state index contributed by atoms with van der Waals surface area (Å²) in [7, 11) is 1.93. The van der Waals surface area contributed by atoms with Gasteiger partial charge in [0.2, 0.25) is 5.91 Å². The third kappa shape index (κ3) is 6.06. The lowest BCUT2D eigenvalue weighted by atomic mass is 10.0. The second-order valence-electron chi connectivity index (χ2n) is 5.70. The van der Waals surface area contributed by atoms with Crippen molar-refractivity contribution in [1.29, 1.82) is 0 Å². The van der Waals surface area contributed by atoms with Crippen LogP contribution in [0.2, 0.25) is 0 Å². The van der Waals surface area contributed by atoms with E-state index in [9.17, 15) is 4.79 Å². The van der Waals surface area contributed by atoms with Crippen LogP contribution in [0.4, 0.5) is 0 Å². The van der Waals surface area contributed by atoms with Gasteiger partial charge in [0.15, 0.2) is 0 Å². The third-order valence-corrected chi connectivity index (χ3v) is 4.04. The Morgan fingerprint density at radius 2 is 2.00 bits per heavy atom. The lowest BCUT2D eigenvalue weighted by Crippen LogP contribution is -2.47. The number of nitrogens with zero attached hydrogens (tertiary/aromatic N) is 1. The first-order valence-electron chi connectivity index (χ1n) is 7.79. The molecule has 118 valence electrons. The number of amides is 1. The van der Waals surface area contributed by atoms with Gasteiger partial charge in [0.1, 0.15) is 0 Å². The summed E-state index contributed by atoms with van der Waals surface area (Å²) in [6, 6.07) is 10.6. The van der Waals surface area contributed by atoms with Crippen LogP contribution in [0, 0.1) is 0 Å². The number of hydrogen-bond acceptors (Lipinski definition) is 2. The molecular weight excluding hydrogens is 284 g/mol. The molecule has 1 heterocycles. The zero-order valence-electron chi connectivity index (χ0n) is 12.9. The molecule has 21 heavy (non-hydrogen) atoms. The van der Waals surface area contributed by atoms with Crippen LogP contribution < -0.4 is 5.32 Å². The molecule has 0 aromatic heterocycles.